The predicted molar refractivity (Wildman–Crippen MR) is 108 cm³/mol. The van der Waals surface area contributed by atoms with Crippen molar-refractivity contribution in [3.8, 4) is 0 Å². The van der Waals surface area contributed by atoms with Crippen LogP contribution in [0.4, 0.5) is 11.4 Å². The van der Waals surface area contributed by atoms with E-state index in [-0.39, 0.29) is 17.9 Å². The normalized spacial score (nSPS) is 11.7. The fraction of sp³-hybridized carbons (Fsp3) is 0.100. The van der Waals surface area contributed by atoms with Crippen LogP contribution in [0.25, 0.3) is 0 Å². The van der Waals surface area contributed by atoms with Crippen molar-refractivity contribution in [3.05, 3.63) is 82.2 Å². The van der Waals surface area contributed by atoms with Crippen LogP contribution in [-0.2, 0) is 11.2 Å². The minimum absolute atomic E-state index is 0.0913. The summed E-state index contributed by atoms with van der Waals surface area (Å²) in [7, 11) is 0. The van der Waals surface area contributed by atoms with Crippen LogP contribution in [0.5, 0.6) is 0 Å². The Kier molecular flexibility index (Phi) is 6.36. The number of halogens is 2. The molecule has 0 saturated heterocycles. The van der Waals surface area contributed by atoms with Gasteiger partial charge in [-0.3, -0.25) is 9.59 Å². The van der Waals surface area contributed by atoms with Crippen LogP contribution >= 0.6 is 23.2 Å². The molecule has 0 aliphatic rings. The molecule has 6 nitrogen and oxygen atoms in total. The fourth-order valence-electron chi connectivity index (χ4n) is 2.52. The Hall–Kier alpha value is -2.80. The van der Waals surface area contributed by atoms with E-state index < -0.39 is 17.9 Å². The van der Waals surface area contributed by atoms with E-state index in [2.05, 4.69) is 10.6 Å². The summed E-state index contributed by atoms with van der Waals surface area (Å²) in [4.78, 5) is 24.6. The van der Waals surface area contributed by atoms with Gasteiger partial charge < -0.3 is 20.2 Å². The Balaban J connectivity index is 1.72. The monoisotopic (exact) mass is 418 g/mol. The Morgan fingerprint density at radius 3 is 2.46 bits per heavy atom. The maximum atomic E-state index is 12.4. The maximum Gasteiger partial charge on any atom is 0.291 e. The highest BCUT2D eigenvalue weighted by molar-refractivity contribution is 6.31. The summed E-state index contributed by atoms with van der Waals surface area (Å²) in [6, 6.07) is 14.6. The second-order valence-corrected chi connectivity index (χ2v) is 6.83. The molecule has 0 fully saturated rings. The van der Waals surface area contributed by atoms with Crippen LogP contribution in [0.3, 0.4) is 0 Å². The Labute approximate surface area is 171 Å². The summed E-state index contributed by atoms with van der Waals surface area (Å²) in [5.74, 6) is -1.02. The lowest BCUT2D eigenvalue weighted by Gasteiger charge is -2.15. The van der Waals surface area contributed by atoms with Crippen LogP contribution in [0, 0.1) is 0 Å². The zero-order chi connectivity index (χ0) is 20.1. The molecule has 0 aliphatic heterocycles. The van der Waals surface area contributed by atoms with Crippen molar-refractivity contribution in [1.82, 2.24) is 0 Å². The Morgan fingerprint density at radius 2 is 1.75 bits per heavy atom. The first kappa shape index (κ1) is 19.9. The molecule has 0 saturated carbocycles. The van der Waals surface area contributed by atoms with E-state index in [1.807, 2.05) is 0 Å². The molecular formula is C20H16Cl2N2O4. The van der Waals surface area contributed by atoms with Crippen molar-refractivity contribution >= 4 is 46.4 Å². The van der Waals surface area contributed by atoms with Crippen LogP contribution in [-0.4, -0.2) is 23.0 Å². The number of anilines is 2. The van der Waals surface area contributed by atoms with Gasteiger partial charge in [-0.1, -0.05) is 35.3 Å². The number of nitrogens with one attached hydrogen (secondary N) is 2. The Bertz CT molecular complexity index is 990. The van der Waals surface area contributed by atoms with Gasteiger partial charge in [0.15, 0.2) is 5.76 Å². The fourth-order valence-corrected chi connectivity index (χ4v) is 2.90. The van der Waals surface area contributed by atoms with Gasteiger partial charge in [-0.25, -0.2) is 0 Å². The van der Waals surface area contributed by atoms with Crippen molar-refractivity contribution in [2.45, 2.75) is 12.5 Å². The summed E-state index contributed by atoms with van der Waals surface area (Å²) in [5.41, 5.74) is 1.29. The molecule has 2 amide bonds. The average molecular weight is 419 g/mol. The molecule has 3 aromatic rings. The van der Waals surface area contributed by atoms with Gasteiger partial charge in [0.25, 0.3) is 11.8 Å². The number of aliphatic hydroxyl groups is 1. The molecule has 3 rings (SSSR count). The SMILES string of the molecule is O=C(Nc1cc(Cl)ccc1NC(=O)C(O)Cc1cccc(Cl)c1)c1ccco1. The number of amides is 2. The second kappa shape index (κ2) is 8.93. The van der Waals surface area contributed by atoms with E-state index in [0.717, 1.165) is 5.56 Å². The molecule has 1 heterocycles. The summed E-state index contributed by atoms with van der Waals surface area (Å²) >= 11 is 11.9. The van der Waals surface area contributed by atoms with Crippen molar-refractivity contribution < 1.29 is 19.1 Å². The highest BCUT2D eigenvalue weighted by atomic mass is 35.5. The van der Waals surface area contributed by atoms with Crippen molar-refractivity contribution in [1.29, 1.82) is 0 Å². The number of hydrogen-bond donors (Lipinski definition) is 3. The van der Waals surface area contributed by atoms with Gasteiger partial charge in [0.05, 0.1) is 17.6 Å². The van der Waals surface area contributed by atoms with Crippen LogP contribution in [0.2, 0.25) is 10.0 Å². The number of carbonyl (C=O) groups excluding carboxylic acids is 2. The van der Waals surface area contributed by atoms with Crippen LogP contribution in [0.15, 0.2) is 65.3 Å². The van der Waals surface area contributed by atoms with Gasteiger partial charge in [-0.2, -0.15) is 0 Å². The summed E-state index contributed by atoms with van der Waals surface area (Å²) in [6.07, 6.45) is 0.165. The minimum atomic E-state index is -1.30. The first-order valence-corrected chi connectivity index (χ1v) is 9.06. The third-order valence-electron chi connectivity index (χ3n) is 3.85. The molecule has 1 aromatic heterocycles. The number of rotatable bonds is 6. The van der Waals surface area contributed by atoms with E-state index in [1.54, 1.807) is 36.4 Å². The van der Waals surface area contributed by atoms with Gasteiger partial charge in [-0.15, -0.1) is 0 Å². The second-order valence-electron chi connectivity index (χ2n) is 5.96. The van der Waals surface area contributed by atoms with Crippen molar-refractivity contribution in [3.63, 3.8) is 0 Å². The standard InChI is InChI=1S/C20H16Cl2N2O4/c21-13-4-1-3-12(9-13)10-17(25)19(26)23-15-7-6-14(22)11-16(15)24-20(27)18-5-2-8-28-18/h1-9,11,17,25H,10H2,(H,23,26)(H,24,27). The lowest BCUT2D eigenvalue weighted by Crippen LogP contribution is -2.30. The highest BCUT2D eigenvalue weighted by Crippen LogP contribution is 2.27. The molecule has 1 atom stereocenters. The third-order valence-corrected chi connectivity index (χ3v) is 4.32. The van der Waals surface area contributed by atoms with Gasteiger partial charge in [0, 0.05) is 16.5 Å². The lowest BCUT2D eigenvalue weighted by molar-refractivity contribution is -0.123. The molecule has 144 valence electrons. The number of furan rings is 1. The lowest BCUT2D eigenvalue weighted by atomic mass is 10.1. The molecule has 2 aromatic carbocycles. The number of aliphatic hydroxyl groups excluding tert-OH is 1. The smallest absolute Gasteiger partial charge is 0.291 e. The van der Waals surface area contributed by atoms with Gasteiger partial charge in [-0.05, 0) is 48.0 Å². The van der Waals surface area contributed by atoms with E-state index in [1.165, 1.54) is 24.5 Å². The molecule has 0 radical (unpaired) electrons. The predicted octanol–water partition coefficient (Wildman–Crippen LogP) is 4.38. The maximum absolute atomic E-state index is 12.4. The van der Waals surface area contributed by atoms with E-state index in [0.29, 0.717) is 15.7 Å². The van der Waals surface area contributed by atoms with Crippen molar-refractivity contribution in [2.24, 2.45) is 0 Å². The molecule has 0 spiro atoms. The molecule has 3 N–H and O–H groups in total. The first-order chi connectivity index (χ1) is 13.4. The molecular weight excluding hydrogens is 403 g/mol. The average Bonchev–Trinajstić information content (AvgIpc) is 3.18. The topological polar surface area (TPSA) is 91.6 Å². The Morgan fingerprint density at radius 1 is 0.964 bits per heavy atom. The largest absolute Gasteiger partial charge is 0.459 e. The van der Waals surface area contributed by atoms with Gasteiger partial charge in [0.1, 0.15) is 6.10 Å². The van der Waals surface area contributed by atoms with E-state index in [9.17, 15) is 14.7 Å². The zero-order valence-electron chi connectivity index (χ0n) is 14.5. The summed E-state index contributed by atoms with van der Waals surface area (Å²) in [6.45, 7) is 0. The quantitative estimate of drug-likeness (QED) is 0.553. The summed E-state index contributed by atoms with van der Waals surface area (Å²) < 4.78 is 5.05. The molecule has 0 bridgehead atoms. The molecule has 8 heteroatoms. The highest BCUT2D eigenvalue weighted by Gasteiger charge is 2.19. The van der Waals surface area contributed by atoms with Crippen molar-refractivity contribution in [2.75, 3.05) is 10.6 Å². The van der Waals surface area contributed by atoms with Crippen LogP contribution in [0.1, 0.15) is 16.1 Å². The van der Waals surface area contributed by atoms with E-state index in [4.69, 9.17) is 27.6 Å². The number of hydrogen-bond acceptors (Lipinski definition) is 4. The van der Waals surface area contributed by atoms with E-state index >= 15 is 0 Å². The van der Waals surface area contributed by atoms with Gasteiger partial charge in [0.2, 0.25) is 0 Å². The molecule has 1 unspecified atom stereocenters. The minimum Gasteiger partial charge on any atom is -0.459 e. The molecule has 28 heavy (non-hydrogen) atoms. The summed E-state index contributed by atoms with van der Waals surface area (Å²) in [5, 5.41) is 16.3. The number of carbonyl (C=O) groups is 2. The molecule has 0 aliphatic carbocycles. The number of benzene rings is 2. The van der Waals surface area contributed by atoms with Gasteiger partial charge >= 0.3 is 0 Å². The van der Waals surface area contributed by atoms with Crippen LogP contribution < -0.4 is 10.6 Å². The zero-order valence-corrected chi connectivity index (χ0v) is 16.0. The first-order valence-electron chi connectivity index (χ1n) is 8.30. The third kappa shape index (κ3) is 5.13.